The summed E-state index contributed by atoms with van der Waals surface area (Å²) in [5, 5.41) is 10.7. The highest BCUT2D eigenvalue weighted by Gasteiger charge is 2.31. The number of amides is 1. The number of piperazine rings is 1. The maximum Gasteiger partial charge on any atom is 0.410 e. The zero-order valence-electron chi connectivity index (χ0n) is 30.4. The van der Waals surface area contributed by atoms with Crippen LogP contribution in [-0.4, -0.2) is 123 Å². The van der Waals surface area contributed by atoms with Crippen LogP contribution < -0.4 is 4.90 Å². The summed E-state index contributed by atoms with van der Waals surface area (Å²) in [5.41, 5.74) is 1.90. The smallest absolute Gasteiger partial charge is 0.410 e. The van der Waals surface area contributed by atoms with Crippen LogP contribution in [0.15, 0.2) is 42.5 Å². The topological polar surface area (TPSA) is 120 Å². The second-order valence-corrected chi connectivity index (χ2v) is 16.5. The third-order valence-electron chi connectivity index (χ3n) is 10.3. The van der Waals surface area contributed by atoms with Crippen molar-refractivity contribution in [3.63, 3.8) is 0 Å². The van der Waals surface area contributed by atoms with Gasteiger partial charge in [0.25, 0.3) is 0 Å². The Balaban J connectivity index is 1.48. The lowest BCUT2D eigenvalue weighted by molar-refractivity contribution is -0.151. The zero-order chi connectivity index (χ0) is 36.6. The van der Waals surface area contributed by atoms with Gasteiger partial charge in [0.05, 0.1) is 18.3 Å². The predicted octanol–water partition coefficient (Wildman–Crippen LogP) is 4.60. The number of nitrogens with zero attached hydrogens (tertiary/aromatic N) is 4. The van der Waals surface area contributed by atoms with Gasteiger partial charge >= 0.3 is 12.1 Å². The van der Waals surface area contributed by atoms with Gasteiger partial charge in [0, 0.05) is 64.0 Å². The van der Waals surface area contributed by atoms with E-state index >= 15 is 4.39 Å². The molecular formula is C37H57FN4O7S. The van der Waals surface area contributed by atoms with E-state index in [2.05, 4.69) is 11.5 Å². The molecule has 0 radical (unpaired) electrons. The van der Waals surface area contributed by atoms with Crippen molar-refractivity contribution in [1.82, 2.24) is 14.1 Å². The lowest BCUT2D eigenvalue weighted by Crippen LogP contribution is -2.48. The minimum Gasteiger partial charge on any atom is -0.457 e. The average Bonchev–Trinajstić information content (AvgIpc) is 3.07. The molecule has 0 bridgehead atoms. The Hall–Kier alpha value is -3.00. The van der Waals surface area contributed by atoms with Crippen LogP contribution >= 0.6 is 0 Å². The number of hydrogen-bond donors (Lipinski definition) is 1. The Bertz CT molecular complexity index is 1460. The van der Waals surface area contributed by atoms with E-state index in [-0.39, 0.29) is 42.6 Å². The molecule has 0 spiro atoms. The SMILES string of the molecule is C=C(Cc1cc(F)cc(N(C)C2CCN(S(=O)(=O)CCC)CC2)c1)[C@H]1OC(=O)C[C@@H](O)CC[C@@H](C)[C@@H](OC(=O)N2CCN(C)CC2)/C=C/[C@@H]1C. The monoisotopic (exact) mass is 720 g/mol. The summed E-state index contributed by atoms with van der Waals surface area (Å²) >= 11 is 0. The molecule has 280 valence electrons. The summed E-state index contributed by atoms with van der Waals surface area (Å²) in [7, 11) is 0.656. The van der Waals surface area contributed by atoms with Gasteiger partial charge in [-0.05, 0) is 86.9 Å². The number of aliphatic hydroxyl groups excluding tert-OH is 1. The van der Waals surface area contributed by atoms with Crippen molar-refractivity contribution in [2.75, 3.05) is 64.0 Å². The van der Waals surface area contributed by atoms with Gasteiger partial charge < -0.3 is 29.3 Å². The van der Waals surface area contributed by atoms with Crippen molar-refractivity contribution in [2.45, 2.75) is 90.1 Å². The van der Waals surface area contributed by atoms with Gasteiger partial charge in [-0.2, -0.15) is 0 Å². The van der Waals surface area contributed by atoms with E-state index in [0.717, 1.165) is 13.1 Å². The number of piperidine rings is 1. The molecule has 1 N–H and O–H groups in total. The number of rotatable bonds is 9. The fourth-order valence-corrected chi connectivity index (χ4v) is 8.53. The average molecular weight is 721 g/mol. The summed E-state index contributed by atoms with van der Waals surface area (Å²) in [5.74, 6) is -1.27. The summed E-state index contributed by atoms with van der Waals surface area (Å²) in [6, 6.07) is 4.86. The largest absolute Gasteiger partial charge is 0.457 e. The molecule has 3 aliphatic heterocycles. The Labute approximate surface area is 298 Å². The summed E-state index contributed by atoms with van der Waals surface area (Å²) < 4.78 is 53.6. The maximum absolute atomic E-state index is 15.1. The van der Waals surface area contributed by atoms with E-state index in [4.69, 9.17) is 9.47 Å². The molecule has 3 aliphatic rings. The summed E-state index contributed by atoms with van der Waals surface area (Å²) in [4.78, 5) is 32.0. The van der Waals surface area contributed by atoms with Gasteiger partial charge in [-0.15, -0.1) is 0 Å². The van der Waals surface area contributed by atoms with E-state index in [1.807, 2.05) is 58.0 Å². The minimum absolute atomic E-state index is 0.0467. The van der Waals surface area contributed by atoms with E-state index in [1.165, 1.54) is 12.1 Å². The molecule has 0 aliphatic carbocycles. The van der Waals surface area contributed by atoms with Gasteiger partial charge in [-0.25, -0.2) is 21.9 Å². The van der Waals surface area contributed by atoms with E-state index in [9.17, 15) is 23.1 Å². The molecule has 1 amide bonds. The molecular weight excluding hydrogens is 663 g/mol. The molecule has 11 nitrogen and oxygen atoms in total. The molecule has 1 aromatic carbocycles. The number of anilines is 1. The van der Waals surface area contributed by atoms with Crippen LogP contribution in [0, 0.1) is 17.7 Å². The first-order valence-electron chi connectivity index (χ1n) is 18.0. The number of carbonyl (C=O) groups is 2. The molecule has 13 heteroatoms. The van der Waals surface area contributed by atoms with E-state index in [0.29, 0.717) is 75.1 Å². The molecule has 1 aromatic rings. The molecule has 5 atom stereocenters. The third-order valence-corrected chi connectivity index (χ3v) is 12.3. The van der Waals surface area contributed by atoms with E-state index < -0.39 is 40.1 Å². The molecule has 2 fully saturated rings. The number of likely N-dealkylation sites (N-methyl/N-ethyl adjacent to an activating group) is 1. The molecule has 50 heavy (non-hydrogen) atoms. The highest BCUT2D eigenvalue weighted by Crippen LogP contribution is 2.29. The van der Waals surface area contributed by atoms with Crippen LogP contribution in [0.4, 0.5) is 14.9 Å². The highest BCUT2D eigenvalue weighted by atomic mass is 32.2. The van der Waals surface area contributed by atoms with Gasteiger partial charge in [-0.3, -0.25) is 4.79 Å². The Morgan fingerprint density at radius 1 is 1.06 bits per heavy atom. The van der Waals surface area contributed by atoms with Crippen LogP contribution in [0.25, 0.3) is 0 Å². The van der Waals surface area contributed by atoms with Crippen LogP contribution in [0.5, 0.6) is 0 Å². The first kappa shape index (κ1) is 39.8. The van der Waals surface area contributed by atoms with Crippen molar-refractivity contribution >= 4 is 27.8 Å². The highest BCUT2D eigenvalue weighted by molar-refractivity contribution is 7.89. The molecule has 4 rings (SSSR count). The minimum atomic E-state index is -3.26. The second kappa shape index (κ2) is 18.0. The lowest BCUT2D eigenvalue weighted by atomic mass is 9.90. The number of halogens is 1. The first-order chi connectivity index (χ1) is 23.7. The summed E-state index contributed by atoms with van der Waals surface area (Å²) in [6.07, 6.45) is 3.95. The fourth-order valence-electron chi connectivity index (χ4n) is 6.98. The predicted molar refractivity (Wildman–Crippen MR) is 193 cm³/mol. The summed E-state index contributed by atoms with van der Waals surface area (Å²) in [6.45, 7) is 13.6. The van der Waals surface area contributed by atoms with Gasteiger partial charge in [-0.1, -0.05) is 33.4 Å². The van der Waals surface area contributed by atoms with E-state index in [1.54, 1.807) is 9.21 Å². The number of cyclic esters (lactones) is 1. The molecule has 0 unspecified atom stereocenters. The third kappa shape index (κ3) is 11.0. The normalized spacial score (nSPS) is 27.5. The number of benzene rings is 1. The van der Waals surface area contributed by atoms with Crippen molar-refractivity contribution < 1.29 is 37.0 Å². The van der Waals surface area contributed by atoms with Crippen LogP contribution in [0.3, 0.4) is 0 Å². The van der Waals surface area contributed by atoms with Gasteiger partial charge in [0.15, 0.2) is 0 Å². The Morgan fingerprint density at radius 2 is 1.74 bits per heavy atom. The standard InChI is InChI=1S/C37H57FN4O7S/c1-7-20-50(46,47)42-14-12-31(13-15-42)40(6)32-23-29(22-30(38)24-32)21-28(4)36-27(3)9-11-34(26(2)8-10-33(43)25-35(44)49-36)48-37(45)41-18-16-39(5)17-19-41/h9,11,22-24,26-27,31,33-34,36,43H,4,7-8,10,12-21,25H2,1-3,5-6H3/b11-9+/t26-,27+,33+,34+,36+/m1/s1. The Morgan fingerprint density at radius 3 is 2.40 bits per heavy atom. The molecule has 0 aromatic heterocycles. The number of ether oxygens (including phenoxy) is 2. The first-order valence-corrected chi connectivity index (χ1v) is 19.7. The number of aliphatic hydroxyl groups is 1. The molecule has 0 saturated carbocycles. The number of carbonyl (C=O) groups excluding carboxylic acids is 2. The molecule has 2 saturated heterocycles. The number of esters is 1. The quantitative estimate of drug-likeness (QED) is 0.289. The van der Waals surface area contributed by atoms with Crippen LogP contribution in [0.2, 0.25) is 0 Å². The van der Waals surface area contributed by atoms with Gasteiger partial charge in [0.1, 0.15) is 18.0 Å². The van der Waals surface area contributed by atoms with Crippen molar-refractivity contribution in [1.29, 1.82) is 0 Å². The lowest BCUT2D eigenvalue weighted by Gasteiger charge is -2.37. The van der Waals surface area contributed by atoms with Crippen molar-refractivity contribution in [3.05, 3.63) is 53.9 Å². The van der Waals surface area contributed by atoms with Crippen LogP contribution in [0.1, 0.15) is 64.9 Å². The zero-order valence-corrected chi connectivity index (χ0v) is 31.2. The number of sulfonamides is 1. The number of hydrogen-bond acceptors (Lipinski definition) is 9. The van der Waals surface area contributed by atoms with Crippen LogP contribution in [-0.2, 0) is 30.7 Å². The maximum atomic E-state index is 15.1. The Kier molecular flexibility index (Phi) is 14.3. The van der Waals surface area contributed by atoms with Crippen molar-refractivity contribution in [3.8, 4) is 0 Å². The van der Waals surface area contributed by atoms with Gasteiger partial charge in [0.2, 0.25) is 10.0 Å². The van der Waals surface area contributed by atoms with Crippen molar-refractivity contribution in [2.24, 2.45) is 11.8 Å². The molecule has 3 heterocycles. The second-order valence-electron chi connectivity index (χ2n) is 14.4. The fraction of sp³-hybridized carbons (Fsp3) is 0.676.